The van der Waals surface area contributed by atoms with Crippen molar-refractivity contribution >= 4 is 10.0 Å². The Bertz CT molecular complexity index is 743. The fourth-order valence-electron chi connectivity index (χ4n) is 1.91. The Morgan fingerprint density at radius 1 is 1.05 bits per heavy atom. The lowest BCUT2D eigenvalue weighted by Gasteiger charge is -2.15. The SMILES string of the molecule is Cc1ccc(C(C)NS(=O)(=O)c2ccc(F)cc2F)cc1. The molecule has 0 saturated carbocycles. The molecule has 3 nitrogen and oxygen atoms in total. The predicted octanol–water partition coefficient (Wildman–Crippen LogP) is 3.31. The second kappa shape index (κ2) is 5.91. The van der Waals surface area contributed by atoms with Crippen molar-refractivity contribution in [3.63, 3.8) is 0 Å². The highest BCUT2D eigenvalue weighted by Crippen LogP contribution is 2.20. The van der Waals surface area contributed by atoms with Gasteiger partial charge < -0.3 is 0 Å². The highest BCUT2D eigenvalue weighted by molar-refractivity contribution is 7.89. The molecule has 0 radical (unpaired) electrons. The monoisotopic (exact) mass is 311 g/mol. The molecule has 0 fully saturated rings. The molecule has 0 bridgehead atoms. The molecule has 112 valence electrons. The van der Waals surface area contributed by atoms with Crippen molar-refractivity contribution in [1.29, 1.82) is 0 Å². The zero-order chi connectivity index (χ0) is 15.6. The first kappa shape index (κ1) is 15.6. The van der Waals surface area contributed by atoms with Crippen LogP contribution in [0.4, 0.5) is 8.78 Å². The summed E-state index contributed by atoms with van der Waals surface area (Å²) in [5.41, 5.74) is 1.81. The van der Waals surface area contributed by atoms with Gasteiger partial charge in [-0.3, -0.25) is 0 Å². The first-order chi connectivity index (χ1) is 9.79. The maximum absolute atomic E-state index is 13.6. The molecule has 2 aromatic carbocycles. The summed E-state index contributed by atoms with van der Waals surface area (Å²) < 4.78 is 53.1. The van der Waals surface area contributed by atoms with E-state index in [1.165, 1.54) is 0 Å². The summed E-state index contributed by atoms with van der Waals surface area (Å²) in [7, 11) is -4.06. The summed E-state index contributed by atoms with van der Waals surface area (Å²) >= 11 is 0. The van der Waals surface area contributed by atoms with Crippen LogP contribution >= 0.6 is 0 Å². The number of halogens is 2. The number of hydrogen-bond donors (Lipinski definition) is 1. The molecule has 0 spiro atoms. The highest BCUT2D eigenvalue weighted by Gasteiger charge is 2.22. The number of rotatable bonds is 4. The maximum atomic E-state index is 13.6. The molecular formula is C15H15F2NO2S. The molecule has 0 heterocycles. The molecule has 2 aromatic rings. The Hall–Kier alpha value is -1.79. The number of hydrogen-bond acceptors (Lipinski definition) is 2. The minimum atomic E-state index is -4.06. The molecule has 0 aromatic heterocycles. The van der Waals surface area contributed by atoms with E-state index in [0.29, 0.717) is 6.07 Å². The van der Waals surface area contributed by atoms with Crippen LogP contribution in [0.1, 0.15) is 24.1 Å². The predicted molar refractivity (Wildman–Crippen MR) is 76.3 cm³/mol. The van der Waals surface area contributed by atoms with Gasteiger partial charge >= 0.3 is 0 Å². The Kier molecular flexibility index (Phi) is 4.39. The fraction of sp³-hybridized carbons (Fsp3) is 0.200. The first-order valence-electron chi connectivity index (χ1n) is 6.33. The van der Waals surface area contributed by atoms with Gasteiger partial charge in [0.15, 0.2) is 0 Å². The van der Waals surface area contributed by atoms with Crippen LogP contribution in [0, 0.1) is 18.6 Å². The number of aryl methyl sites for hydroxylation is 1. The number of benzene rings is 2. The molecule has 6 heteroatoms. The Labute approximate surface area is 122 Å². The van der Waals surface area contributed by atoms with Crippen LogP contribution in [0.15, 0.2) is 47.4 Å². The second-order valence-corrected chi connectivity index (χ2v) is 6.51. The molecule has 0 aliphatic carbocycles. The van der Waals surface area contributed by atoms with Crippen LogP contribution in [0.2, 0.25) is 0 Å². The third-order valence-electron chi connectivity index (χ3n) is 3.09. The van der Waals surface area contributed by atoms with Crippen molar-refractivity contribution < 1.29 is 17.2 Å². The average Bonchev–Trinajstić information content (AvgIpc) is 2.38. The van der Waals surface area contributed by atoms with Gasteiger partial charge in [0.1, 0.15) is 16.5 Å². The molecule has 0 aliphatic heterocycles. The second-order valence-electron chi connectivity index (χ2n) is 4.83. The first-order valence-corrected chi connectivity index (χ1v) is 7.82. The van der Waals surface area contributed by atoms with E-state index in [2.05, 4.69) is 4.72 Å². The normalized spacial score (nSPS) is 13.1. The summed E-state index contributed by atoms with van der Waals surface area (Å²) in [5.74, 6) is -1.93. The summed E-state index contributed by atoms with van der Waals surface area (Å²) in [4.78, 5) is -0.567. The van der Waals surface area contributed by atoms with Gasteiger partial charge in [-0.1, -0.05) is 29.8 Å². The third-order valence-corrected chi connectivity index (χ3v) is 4.67. The van der Waals surface area contributed by atoms with Crippen molar-refractivity contribution in [2.75, 3.05) is 0 Å². The van der Waals surface area contributed by atoms with Crippen LogP contribution < -0.4 is 4.72 Å². The number of sulfonamides is 1. The summed E-state index contributed by atoms with van der Waals surface area (Å²) in [6.07, 6.45) is 0. The van der Waals surface area contributed by atoms with Gasteiger partial charge in [0.2, 0.25) is 10.0 Å². The van der Waals surface area contributed by atoms with E-state index in [1.54, 1.807) is 19.1 Å². The maximum Gasteiger partial charge on any atom is 0.244 e. The van der Waals surface area contributed by atoms with Crippen molar-refractivity contribution in [1.82, 2.24) is 4.72 Å². The van der Waals surface area contributed by atoms with E-state index in [1.807, 2.05) is 19.1 Å². The molecular weight excluding hydrogens is 296 g/mol. The molecule has 1 unspecified atom stereocenters. The third kappa shape index (κ3) is 3.65. The smallest absolute Gasteiger partial charge is 0.207 e. The van der Waals surface area contributed by atoms with Gasteiger partial charge in [-0.05, 0) is 31.5 Å². The Morgan fingerprint density at radius 2 is 1.67 bits per heavy atom. The molecule has 1 N–H and O–H groups in total. The van der Waals surface area contributed by atoms with Crippen molar-refractivity contribution in [3.8, 4) is 0 Å². The van der Waals surface area contributed by atoms with Crippen LogP contribution in [0.25, 0.3) is 0 Å². The van der Waals surface area contributed by atoms with E-state index in [9.17, 15) is 17.2 Å². The lowest BCUT2D eigenvalue weighted by atomic mass is 10.1. The van der Waals surface area contributed by atoms with Gasteiger partial charge in [0.05, 0.1) is 0 Å². The molecule has 0 saturated heterocycles. The van der Waals surface area contributed by atoms with E-state index in [0.717, 1.165) is 23.3 Å². The van der Waals surface area contributed by atoms with E-state index < -0.39 is 32.6 Å². The minimum Gasteiger partial charge on any atom is -0.207 e. The zero-order valence-electron chi connectivity index (χ0n) is 11.6. The van der Waals surface area contributed by atoms with E-state index in [4.69, 9.17) is 0 Å². The standard InChI is InChI=1S/C15H15F2NO2S/c1-10-3-5-12(6-4-10)11(2)18-21(19,20)15-8-7-13(16)9-14(15)17/h3-9,11,18H,1-2H3. The number of nitrogens with one attached hydrogen (secondary N) is 1. The molecule has 1 atom stereocenters. The van der Waals surface area contributed by atoms with E-state index in [-0.39, 0.29) is 0 Å². The van der Waals surface area contributed by atoms with Crippen LogP contribution in [-0.4, -0.2) is 8.42 Å². The minimum absolute atomic E-state index is 0.528. The molecule has 21 heavy (non-hydrogen) atoms. The topological polar surface area (TPSA) is 46.2 Å². The largest absolute Gasteiger partial charge is 0.244 e. The lowest BCUT2D eigenvalue weighted by molar-refractivity contribution is 0.536. The van der Waals surface area contributed by atoms with Crippen molar-refractivity contribution in [2.45, 2.75) is 24.8 Å². The lowest BCUT2D eigenvalue weighted by Crippen LogP contribution is -2.27. The average molecular weight is 311 g/mol. The van der Waals surface area contributed by atoms with Gasteiger partial charge in [-0.25, -0.2) is 21.9 Å². The quantitative estimate of drug-likeness (QED) is 0.941. The van der Waals surface area contributed by atoms with Gasteiger partial charge in [0.25, 0.3) is 0 Å². The molecule has 0 aliphatic rings. The Morgan fingerprint density at radius 3 is 2.24 bits per heavy atom. The van der Waals surface area contributed by atoms with Crippen molar-refractivity contribution in [2.24, 2.45) is 0 Å². The summed E-state index contributed by atoms with van der Waals surface area (Å²) in [6, 6.07) is 9.15. The van der Waals surface area contributed by atoms with Gasteiger partial charge in [-0.2, -0.15) is 0 Å². The zero-order valence-corrected chi connectivity index (χ0v) is 12.4. The van der Waals surface area contributed by atoms with Gasteiger partial charge in [-0.15, -0.1) is 0 Å². The summed E-state index contributed by atoms with van der Waals surface area (Å²) in [6.45, 7) is 3.58. The molecule has 2 rings (SSSR count). The van der Waals surface area contributed by atoms with E-state index >= 15 is 0 Å². The van der Waals surface area contributed by atoms with Gasteiger partial charge in [0, 0.05) is 12.1 Å². The molecule has 0 amide bonds. The van der Waals surface area contributed by atoms with Crippen molar-refractivity contribution in [3.05, 3.63) is 65.2 Å². The van der Waals surface area contributed by atoms with Crippen LogP contribution in [-0.2, 0) is 10.0 Å². The van der Waals surface area contributed by atoms with Crippen LogP contribution in [0.3, 0.4) is 0 Å². The van der Waals surface area contributed by atoms with Crippen LogP contribution in [0.5, 0.6) is 0 Å². The Balaban J connectivity index is 2.26. The summed E-state index contributed by atoms with van der Waals surface area (Å²) in [5, 5.41) is 0. The highest BCUT2D eigenvalue weighted by atomic mass is 32.2. The fourth-order valence-corrected chi connectivity index (χ4v) is 3.20.